The summed E-state index contributed by atoms with van der Waals surface area (Å²) in [7, 11) is 3.09. The number of hydrogen-bond donors (Lipinski definition) is 0. The van der Waals surface area contributed by atoms with Crippen LogP contribution in [0, 0.1) is 0 Å². The van der Waals surface area contributed by atoms with E-state index in [1.54, 1.807) is 25.3 Å². The molecule has 0 aliphatic carbocycles. The Hall–Kier alpha value is -2.83. The van der Waals surface area contributed by atoms with Crippen LogP contribution in [-0.4, -0.2) is 48.3 Å². The lowest BCUT2D eigenvalue weighted by Crippen LogP contribution is -2.54. The first-order valence-electron chi connectivity index (χ1n) is 7.51. The third kappa shape index (κ3) is 2.16. The smallest absolute Gasteiger partial charge is 0.277 e. The Morgan fingerprint density at radius 1 is 1.17 bits per heavy atom. The van der Waals surface area contributed by atoms with Gasteiger partial charge in [-0.05, 0) is 25.1 Å². The van der Waals surface area contributed by atoms with E-state index >= 15 is 0 Å². The van der Waals surface area contributed by atoms with Gasteiger partial charge in [0, 0.05) is 18.1 Å². The zero-order valence-corrected chi connectivity index (χ0v) is 14.0. The molecule has 3 amide bonds. The molecule has 1 atom stereocenters. The van der Waals surface area contributed by atoms with E-state index in [4.69, 9.17) is 9.47 Å². The molecule has 0 spiro atoms. The van der Waals surface area contributed by atoms with Crippen LogP contribution in [0.25, 0.3) is 6.08 Å². The first-order chi connectivity index (χ1) is 11.4. The Morgan fingerprint density at radius 2 is 1.79 bits per heavy atom. The summed E-state index contributed by atoms with van der Waals surface area (Å²) in [5.74, 6) is -0.0543. The van der Waals surface area contributed by atoms with Gasteiger partial charge in [-0.1, -0.05) is 0 Å². The second-order valence-electron chi connectivity index (χ2n) is 5.68. The lowest BCUT2D eigenvalue weighted by atomic mass is 9.91. The first-order valence-corrected chi connectivity index (χ1v) is 7.51. The highest BCUT2D eigenvalue weighted by Gasteiger charge is 2.43. The van der Waals surface area contributed by atoms with Crippen molar-refractivity contribution < 1.29 is 23.9 Å². The van der Waals surface area contributed by atoms with Gasteiger partial charge in [0.05, 0.1) is 20.3 Å². The molecule has 126 valence electrons. The number of rotatable bonds is 2. The van der Waals surface area contributed by atoms with Crippen molar-refractivity contribution in [3.8, 4) is 11.5 Å². The quantitative estimate of drug-likeness (QED) is 0.818. The van der Waals surface area contributed by atoms with Crippen LogP contribution in [0.1, 0.15) is 31.0 Å². The van der Waals surface area contributed by atoms with E-state index in [2.05, 4.69) is 0 Å². The third-order valence-electron chi connectivity index (χ3n) is 4.40. The molecule has 2 aliphatic heterocycles. The van der Waals surface area contributed by atoms with Crippen LogP contribution < -0.4 is 9.47 Å². The van der Waals surface area contributed by atoms with Gasteiger partial charge in [-0.25, -0.2) is 0 Å². The predicted octanol–water partition coefficient (Wildman–Crippen LogP) is 1.34. The molecular formula is C17H18N2O5. The Bertz CT molecular complexity index is 783. The summed E-state index contributed by atoms with van der Waals surface area (Å²) in [6, 6.07) is 3.11. The summed E-state index contributed by atoms with van der Waals surface area (Å²) in [6.45, 7) is 2.84. The molecule has 0 radical (unpaired) electrons. The van der Waals surface area contributed by atoms with E-state index in [1.165, 1.54) is 18.9 Å². The third-order valence-corrected chi connectivity index (χ3v) is 4.40. The zero-order chi connectivity index (χ0) is 17.6. The minimum atomic E-state index is -0.482. The molecule has 0 N–H and O–H groups in total. The van der Waals surface area contributed by atoms with Crippen molar-refractivity contribution in [2.24, 2.45) is 0 Å². The summed E-state index contributed by atoms with van der Waals surface area (Å²) in [5.41, 5.74) is 1.63. The Morgan fingerprint density at radius 3 is 2.38 bits per heavy atom. The lowest BCUT2D eigenvalue weighted by molar-refractivity contribution is -0.154. The number of benzene rings is 1. The van der Waals surface area contributed by atoms with Gasteiger partial charge in [0.25, 0.3) is 5.91 Å². The minimum absolute atomic E-state index is 0.174. The van der Waals surface area contributed by atoms with Crippen LogP contribution in [0.4, 0.5) is 0 Å². The standard InChI is InChI=1S/C17H18N2O5/c1-9-16-11(13(23-3)5-6-14(16)24-4)7-12-17(22)18(10(2)20)8-15(21)19(9)12/h5-7,9H,8H2,1-4H3/t9-/m1/s1. The number of amides is 3. The summed E-state index contributed by atoms with van der Waals surface area (Å²) >= 11 is 0. The maximum absolute atomic E-state index is 12.6. The second-order valence-corrected chi connectivity index (χ2v) is 5.68. The van der Waals surface area contributed by atoms with E-state index in [9.17, 15) is 14.4 Å². The fourth-order valence-corrected chi connectivity index (χ4v) is 3.27. The Labute approximate surface area is 139 Å². The topological polar surface area (TPSA) is 76.1 Å². The van der Waals surface area contributed by atoms with Gasteiger partial charge >= 0.3 is 0 Å². The maximum Gasteiger partial charge on any atom is 0.277 e. The average molecular weight is 330 g/mol. The summed E-state index contributed by atoms with van der Waals surface area (Å²) < 4.78 is 10.8. The van der Waals surface area contributed by atoms with Gasteiger partial charge in [0.1, 0.15) is 23.7 Å². The van der Waals surface area contributed by atoms with E-state index in [1.807, 2.05) is 6.92 Å². The van der Waals surface area contributed by atoms with Crippen molar-refractivity contribution in [1.82, 2.24) is 9.80 Å². The summed E-state index contributed by atoms with van der Waals surface area (Å²) in [4.78, 5) is 39.2. The van der Waals surface area contributed by atoms with Crippen molar-refractivity contribution in [3.63, 3.8) is 0 Å². The van der Waals surface area contributed by atoms with E-state index in [-0.39, 0.29) is 18.1 Å². The molecule has 7 heteroatoms. The molecule has 7 nitrogen and oxygen atoms in total. The lowest BCUT2D eigenvalue weighted by Gasteiger charge is -2.41. The maximum atomic E-state index is 12.6. The van der Waals surface area contributed by atoms with Crippen molar-refractivity contribution in [3.05, 3.63) is 29.0 Å². The molecule has 3 rings (SSSR count). The number of fused-ring (bicyclic) bond motifs is 2. The normalized spacial score (nSPS) is 19.5. The van der Waals surface area contributed by atoms with Gasteiger partial charge in [-0.3, -0.25) is 24.2 Å². The van der Waals surface area contributed by atoms with Crippen LogP contribution in [0.5, 0.6) is 11.5 Å². The molecule has 24 heavy (non-hydrogen) atoms. The number of ether oxygens (including phenoxy) is 2. The summed E-state index contributed by atoms with van der Waals surface area (Å²) in [6.07, 6.45) is 1.59. The first kappa shape index (κ1) is 16.0. The van der Waals surface area contributed by atoms with E-state index in [0.29, 0.717) is 17.1 Å². The molecule has 1 fully saturated rings. The average Bonchev–Trinajstić information content (AvgIpc) is 2.56. The molecule has 0 aromatic heterocycles. The van der Waals surface area contributed by atoms with Crippen LogP contribution in [0.15, 0.2) is 17.8 Å². The molecular weight excluding hydrogens is 312 g/mol. The highest BCUT2D eigenvalue weighted by Crippen LogP contribution is 2.44. The fourth-order valence-electron chi connectivity index (χ4n) is 3.27. The van der Waals surface area contributed by atoms with Gasteiger partial charge in [0.15, 0.2) is 0 Å². The van der Waals surface area contributed by atoms with Crippen LogP contribution in [0.2, 0.25) is 0 Å². The van der Waals surface area contributed by atoms with Crippen molar-refractivity contribution in [2.75, 3.05) is 20.8 Å². The predicted molar refractivity (Wildman–Crippen MR) is 85.2 cm³/mol. The monoisotopic (exact) mass is 330 g/mol. The van der Waals surface area contributed by atoms with Gasteiger partial charge in [-0.2, -0.15) is 0 Å². The van der Waals surface area contributed by atoms with Gasteiger partial charge in [0.2, 0.25) is 11.8 Å². The molecule has 1 aromatic carbocycles. The highest BCUT2D eigenvalue weighted by molar-refractivity contribution is 6.13. The SMILES string of the molecule is COc1ccc(OC)c2c1C=C1C(=O)N(C(C)=O)CC(=O)N1[C@@H]2C. The number of carbonyl (C=O) groups excluding carboxylic acids is 3. The largest absolute Gasteiger partial charge is 0.496 e. The fraction of sp³-hybridized carbons (Fsp3) is 0.353. The van der Waals surface area contributed by atoms with Crippen LogP contribution in [-0.2, 0) is 14.4 Å². The zero-order valence-electron chi connectivity index (χ0n) is 14.0. The van der Waals surface area contributed by atoms with Gasteiger partial charge < -0.3 is 9.47 Å². The minimum Gasteiger partial charge on any atom is -0.496 e. The van der Waals surface area contributed by atoms with Crippen LogP contribution in [0.3, 0.4) is 0 Å². The summed E-state index contributed by atoms with van der Waals surface area (Å²) in [5, 5.41) is 0. The number of imide groups is 1. The van der Waals surface area contributed by atoms with E-state index < -0.39 is 17.9 Å². The molecule has 0 unspecified atom stereocenters. The number of hydrogen-bond acceptors (Lipinski definition) is 5. The second kappa shape index (κ2) is 5.67. The molecule has 1 aromatic rings. The van der Waals surface area contributed by atoms with E-state index in [0.717, 1.165) is 10.5 Å². The van der Waals surface area contributed by atoms with Crippen LogP contribution >= 0.6 is 0 Å². The molecule has 1 saturated heterocycles. The van der Waals surface area contributed by atoms with Crippen molar-refractivity contribution >= 4 is 23.8 Å². The number of methoxy groups -OCH3 is 2. The molecule has 0 bridgehead atoms. The molecule has 2 aliphatic rings. The Kier molecular flexibility index (Phi) is 3.79. The van der Waals surface area contributed by atoms with Gasteiger partial charge in [-0.15, -0.1) is 0 Å². The molecule has 0 saturated carbocycles. The van der Waals surface area contributed by atoms with Crippen molar-refractivity contribution in [1.29, 1.82) is 0 Å². The number of piperazine rings is 1. The number of carbonyl (C=O) groups is 3. The molecule has 2 heterocycles. The number of nitrogens with zero attached hydrogens (tertiary/aromatic N) is 2. The highest BCUT2D eigenvalue weighted by atomic mass is 16.5. The Balaban J connectivity index is 2.24. The van der Waals surface area contributed by atoms with Crippen molar-refractivity contribution in [2.45, 2.75) is 19.9 Å².